The van der Waals surface area contributed by atoms with Gasteiger partial charge in [-0.2, -0.15) is 0 Å². The quantitative estimate of drug-likeness (QED) is 0.850. The van der Waals surface area contributed by atoms with Crippen molar-refractivity contribution >= 4 is 17.6 Å². The van der Waals surface area contributed by atoms with Crippen LogP contribution in [-0.4, -0.2) is 35.0 Å². The molecule has 0 aromatic carbocycles. The topological polar surface area (TPSA) is 47.0 Å². The normalized spacial score (nSPS) is 16.8. The Kier molecular flexibility index (Phi) is 4.83. The summed E-state index contributed by atoms with van der Waals surface area (Å²) in [5, 5.41) is 5.05. The number of thioether (sulfide) groups is 1. The second-order valence-corrected chi connectivity index (χ2v) is 5.80. The summed E-state index contributed by atoms with van der Waals surface area (Å²) in [7, 11) is 0. The van der Waals surface area contributed by atoms with Gasteiger partial charge in [-0.3, -0.25) is 0 Å². The number of hydrogen-bond acceptors (Lipinski definition) is 5. The highest BCUT2D eigenvalue weighted by atomic mass is 32.2. The Balaban J connectivity index is 2.15. The first kappa shape index (κ1) is 13.6. The number of aryl methyl sites for hydroxylation is 1. The van der Waals surface area contributed by atoms with Crippen LogP contribution in [0.15, 0.2) is 5.03 Å². The van der Waals surface area contributed by atoms with E-state index < -0.39 is 0 Å². The van der Waals surface area contributed by atoms with E-state index in [-0.39, 0.29) is 0 Å². The zero-order valence-corrected chi connectivity index (χ0v) is 12.1. The van der Waals surface area contributed by atoms with Crippen molar-refractivity contribution in [2.24, 2.45) is 0 Å². The van der Waals surface area contributed by atoms with Crippen molar-refractivity contribution in [2.75, 3.05) is 25.1 Å². The number of nitrogens with one attached hydrogen (secondary N) is 1. The molecule has 0 atom stereocenters. The zero-order valence-electron chi connectivity index (χ0n) is 11.3. The third-order valence-corrected chi connectivity index (χ3v) is 4.43. The van der Waals surface area contributed by atoms with Crippen LogP contribution in [0.3, 0.4) is 0 Å². The number of ether oxygens (including phenoxy) is 1. The second kappa shape index (κ2) is 6.38. The average molecular weight is 267 g/mol. The van der Waals surface area contributed by atoms with Crippen LogP contribution in [0.4, 0.5) is 5.82 Å². The van der Waals surface area contributed by atoms with Crippen LogP contribution in [0.5, 0.6) is 0 Å². The minimum Gasteiger partial charge on any atom is -0.381 e. The van der Waals surface area contributed by atoms with Crippen LogP contribution in [0.25, 0.3) is 0 Å². The van der Waals surface area contributed by atoms with Gasteiger partial charge in [-0.05, 0) is 33.6 Å². The van der Waals surface area contributed by atoms with Crippen LogP contribution in [-0.2, 0) is 4.74 Å². The number of anilines is 1. The van der Waals surface area contributed by atoms with E-state index in [0.29, 0.717) is 5.25 Å². The van der Waals surface area contributed by atoms with Crippen LogP contribution >= 0.6 is 11.8 Å². The fraction of sp³-hybridized carbons (Fsp3) is 0.692. The van der Waals surface area contributed by atoms with Gasteiger partial charge in [-0.25, -0.2) is 9.97 Å². The van der Waals surface area contributed by atoms with Crippen molar-refractivity contribution in [3.8, 4) is 0 Å². The lowest BCUT2D eigenvalue weighted by atomic mass is 10.2. The summed E-state index contributed by atoms with van der Waals surface area (Å²) in [6.07, 6.45) is 2.23. The van der Waals surface area contributed by atoms with Gasteiger partial charge in [0, 0.05) is 30.6 Å². The molecule has 2 rings (SSSR count). The Morgan fingerprint density at radius 3 is 2.67 bits per heavy atom. The summed E-state index contributed by atoms with van der Waals surface area (Å²) in [6.45, 7) is 8.77. The molecule has 1 aromatic rings. The van der Waals surface area contributed by atoms with Crippen molar-refractivity contribution in [3.63, 3.8) is 0 Å². The van der Waals surface area contributed by atoms with E-state index in [1.165, 1.54) is 5.56 Å². The van der Waals surface area contributed by atoms with E-state index in [1.54, 1.807) is 0 Å². The first-order chi connectivity index (χ1) is 8.70. The Labute approximate surface area is 113 Å². The van der Waals surface area contributed by atoms with Gasteiger partial charge in [0.2, 0.25) is 0 Å². The van der Waals surface area contributed by atoms with E-state index >= 15 is 0 Å². The molecule has 2 heterocycles. The van der Waals surface area contributed by atoms with Crippen LogP contribution < -0.4 is 5.32 Å². The zero-order chi connectivity index (χ0) is 13.0. The molecule has 1 aromatic heterocycles. The lowest BCUT2D eigenvalue weighted by molar-refractivity contribution is 0.1000. The highest BCUT2D eigenvalue weighted by Gasteiger charge is 2.18. The summed E-state index contributed by atoms with van der Waals surface area (Å²) in [4.78, 5) is 9.04. The maximum absolute atomic E-state index is 5.40. The van der Waals surface area contributed by atoms with Crippen LogP contribution in [0.1, 0.15) is 31.2 Å². The SMILES string of the molecule is CCNc1nc(C)nc(SC2CCOCC2)c1C. The predicted molar refractivity (Wildman–Crippen MR) is 75.4 cm³/mol. The molecule has 0 radical (unpaired) electrons. The summed E-state index contributed by atoms with van der Waals surface area (Å²) in [5.74, 6) is 1.81. The van der Waals surface area contributed by atoms with Gasteiger partial charge in [0.1, 0.15) is 16.7 Å². The molecule has 100 valence electrons. The average Bonchev–Trinajstić information content (AvgIpc) is 2.36. The van der Waals surface area contributed by atoms with Crippen LogP contribution in [0.2, 0.25) is 0 Å². The molecule has 5 heteroatoms. The molecule has 1 saturated heterocycles. The van der Waals surface area contributed by atoms with Gasteiger partial charge in [0.25, 0.3) is 0 Å². The molecule has 4 nitrogen and oxygen atoms in total. The Morgan fingerprint density at radius 1 is 1.28 bits per heavy atom. The van der Waals surface area contributed by atoms with Crippen molar-refractivity contribution in [2.45, 2.75) is 43.9 Å². The molecular weight excluding hydrogens is 246 g/mol. The molecular formula is C13H21N3OS. The van der Waals surface area contributed by atoms with Crippen LogP contribution in [0, 0.1) is 13.8 Å². The monoisotopic (exact) mass is 267 g/mol. The molecule has 18 heavy (non-hydrogen) atoms. The van der Waals surface area contributed by atoms with Gasteiger partial charge in [-0.15, -0.1) is 11.8 Å². The van der Waals surface area contributed by atoms with E-state index in [1.807, 2.05) is 18.7 Å². The fourth-order valence-corrected chi connectivity index (χ4v) is 3.21. The van der Waals surface area contributed by atoms with Crippen molar-refractivity contribution < 1.29 is 4.74 Å². The number of hydrogen-bond donors (Lipinski definition) is 1. The summed E-state index contributed by atoms with van der Waals surface area (Å²) in [6, 6.07) is 0. The minimum absolute atomic E-state index is 0.626. The third-order valence-electron chi connectivity index (χ3n) is 3.00. The molecule has 0 bridgehead atoms. The first-order valence-electron chi connectivity index (χ1n) is 6.54. The van der Waals surface area contributed by atoms with Gasteiger partial charge < -0.3 is 10.1 Å². The van der Waals surface area contributed by atoms with Gasteiger partial charge in [-0.1, -0.05) is 0 Å². The predicted octanol–water partition coefficient (Wildman–Crippen LogP) is 2.80. The summed E-state index contributed by atoms with van der Waals surface area (Å²) < 4.78 is 5.40. The van der Waals surface area contributed by atoms with E-state index in [4.69, 9.17) is 4.74 Å². The molecule has 0 amide bonds. The molecule has 0 saturated carbocycles. The van der Waals surface area contributed by atoms with Gasteiger partial charge in [0.15, 0.2) is 0 Å². The van der Waals surface area contributed by atoms with Gasteiger partial charge in [0.05, 0.1) is 0 Å². The van der Waals surface area contributed by atoms with E-state index in [0.717, 1.165) is 49.3 Å². The number of nitrogens with zero attached hydrogens (tertiary/aromatic N) is 2. The van der Waals surface area contributed by atoms with Crippen molar-refractivity contribution in [3.05, 3.63) is 11.4 Å². The maximum atomic E-state index is 5.40. The molecule has 1 fully saturated rings. The number of rotatable bonds is 4. The molecule has 1 aliphatic rings. The fourth-order valence-electron chi connectivity index (χ4n) is 2.01. The Bertz CT molecular complexity index is 405. The lowest BCUT2D eigenvalue weighted by Crippen LogP contribution is -2.18. The highest BCUT2D eigenvalue weighted by Crippen LogP contribution is 2.32. The summed E-state index contributed by atoms with van der Waals surface area (Å²) >= 11 is 1.87. The summed E-state index contributed by atoms with van der Waals surface area (Å²) in [5.41, 5.74) is 1.17. The minimum atomic E-state index is 0.626. The second-order valence-electron chi connectivity index (χ2n) is 4.51. The lowest BCUT2D eigenvalue weighted by Gasteiger charge is -2.22. The maximum Gasteiger partial charge on any atom is 0.133 e. The third kappa shape index (κ3) is 3.36. The van der Waals surface area contributed by atoms with E-state index in [2.05, 4.69) is 29.1 Å². The molecule has 0 unspecified atom stereocenters. The first-order valence-corrected chi connectivity index (χ1v) is 7.42. The number of aromatic nitrogens is 2. The van der Waals surface area contributed by atoms with Crippen molar-refractivity contribution in [1.82, 2.24) is 9.97 Å². The molecule has 0 spiro atoms. The molecule has 0 aliphatic carbocycles. The molecule has 1 aliphatic heterocycles. The van der Waals surface area contributed by atoms with E-state index in [9.17, 15) is 0 Å². The smallest absolute Gasteiger partial charge is 0.133 e. The highest BCUT2D eigenvalue weighted by molar-refractivity contribution is 7.99. The standard InChI is InChI=1S/C13H21N3OS/c1-4-14-12-9(2)13(16-10(3)15-12)18-11-5-7-17-8-6-11/h11H,4-8H2,1-3H3,(H,14,15,16). The Hall–Kier alpha value is -0.810. The van der Waals surface area contributed by atoms with Crippen molar-refractivity contribution in [1.29, 1.82) is 0 Å². The largest absolute Gasteiger partial charge is 0.381 e. The van der Waals surface area contributed by atoms with Gasteiger partial charge >= 0.3 is 0 Å². The molecule has 1 N–H and O–H groups in total. The Morgan fingerprint density at radius 2 is 2.00 bits per heavy atom.